The fourth-order valence-electron chi connectivity index (χ4n) is 3.27. The molecule has 152 valence electrons. The van der Waals surface area contributed by atoms with Crippen LogP contribution in [-0.4, -0.2) is 66.1 Å². The normalized spacial score (nSPS) is 16.8. The number of β-amino-alcohol motifs (C(OH)–C–C–N with tert-alkyl or cyclic N) is 1. The quantitative estimate of drug-likeness (QED) is 0.626. The molecule has 0 radical (unpaired) electrons. The minimum Gasteiger partial charge on any atom is -0.491 e. The van der Waals surface area contributed by atoms with Gasteiger partial charge in [0.05, 0.1) is 4.34 Å². The Morgan fingerprint density at radius 1 is 1.14 bits per heavy atom. The summed E-state index contributed by atoms with van der Waals surface area (Å²) in [7, 11) is 0. The second kappa shape index (κ2) is 10.4. The average molecular weight is 423 g/mol. The lowest BCUT2D eigenvalue weighted by Crippen LogP contribution is -2.48. The van der Waals surface area contributed by atoms with Crippen LogP contribution in [0.5, 0.6) is 5.75 Å². The zero-order valence-electron chi connectivity index (χ0n) is 16.1. The van der Waals surface area contributed by atoms with Crippen molar-refractivity contribution < 1.29 is 14.6 Å². The zero-order valence-corrected chi connectivity index (χ0v) is 17.7. The molecule has 7 heteroatoms. The first-order valence-corrected chi connectivity index (χ1v) is 10.9. The van der Waals surface area contributed by atoms with E-state index in [1.165, 1.54) is 4.88 Å². The summed E-state index contributed by atoms with van der Waals surface area (Å²) >= 11 is 7.63. The number of halogens is 1. The standard InChI is InChI=1S/C21H27ClN2O3S/c1-2-20(26)16-3-5-18(6-4-16)27-15-17(25)13-23-9-11-24(12-10-23)14-19-7-8-21(22)28-19/h3-8,17,25H,2,9-15H2,1H3/t17-/m0/s1. The van der Waals surface area contributed by atoms with Crippen LogP contribution in [0.3, 0.4) is 0 Å². The molecule has 1 atom stereocenters. The number of hydrogen-bond acceptors (Lipinski definition) is 6. The first-order valence-electron chi connectivity index (χ1n) is 9.66. The van der Waals surface area contributed by atoms with Gasteiger partial charge in [-0.1, -0.05) is 18.5 Å². The molecule has 0 amide bonds. The third kappa shape index (κ3) is 6.29. The molecule has 3 rings (SSSR count). The van der Waals surface area contributed by atoms with Gasteiger partial charge in [-0.05, 0) is 36.4 Å². The lowest BCUT2D eigenvalue weighted by molar-refractivity contribution is 0.0448. The van der Waals surface area contributed by atoms with E-state index in [2.05, 4.69) is 15.9 Å². The molecule has 1 aliphatic heterocycles. The second-order valence-electron chi connectivity index (χ2n) is 7.05. The molecule has 2 heterocycles. The smallest absolute Gasteiger partial charge is 0.162 e. The summed E-state index contributed by atoms with van der Waals surface area (Å²) in [6.07, 6.45) is -0.0487. The van der Waals surface area contributed by atoms with Gasteiger partial charge in [-0.15, -0.1) is 11.3 Å². The number of aliphatic hydroxyl groups is 1. The Bertz CT molecular complexity index is 757. The van der Waals surface area contributed by atoms with E-state index in [9.17, 15) is 9.90 Å². The number of rotatable bonds is 9. The van der Waals surface area contributed by atoms with Crippen molar-refractivity contribution in [1.29, 1.82) is 0 Å². The number of aliphatic hydroxyl groups excluding tert-OH is 1. The molecule has 5 nitrogen and oxygen atoms in total. The predicted octanol–water partition coefficient (Wildman–Crippen LogP) is 3.55. The second-order valence-corrected chi connectivity index (χ2v) is 8.85. The zero-order chi connectivity index (χ0) is 19.9. The number of carbonyl (C=O) groups is 1. The molecule has 1 aliphatic rings. The number of nitrogens with zero attached hydrogens (tertiary/aromatic N) is 2. The largest absolute Gasteiger partial charge is 0.491 e. The lowest BCUT2D eigenvalue weighted by Gasteiger charge is -2.35. The minimum absolute atomic E-state index is 0.118. The van der Waals surface area contributed by atoms with E-state index in [-0.39, 0.29) is 12.4 Å². The van der Waals surface area contributed by atoms with Crippen molar-refractivity contribution in [3.8, 4) is 5.75 Å². The van der Waals surface area contributed by atoms with Gasteiger partial charge in [0, 0.05) is 56.1 Å². The molecule has 2 aromatic rings. The fourth-order valence-corrected chi connectivity index (χ4v) is 4.40. The van der Waals surface area contributed by atoms with Crippen LogP contribution in [0.1, 0.15) is 28.6 Å². The van der Waals surface area contributed by atoms with Gasteiger partial charge >= 0.3 is 0 Å². The monoisotopic (exact) mass is 422 g/mol. The number of thiophene rings is 1. The van der Waals surface area contributed by atoms with Crippen LogP contribution in [-0.2, 0) is 6.54 Å². The van der Waals surface area contributed by atoms with E-state index < -0.39 is 6.10 Å². The Labute approximate surface area is 175 Å². The highest BCUT2D eigenvalue weighted by atomic mass is 35.5. The Hall–Kier alpha value is -1.44. The molecule has 28 heavy (non-hydrogen) atoms. The molecule has 1 aromatic carbocycles. The predicted molar refractivity (Wildman–Crippen MR) is 114 cm³/mol. The van der Waals surface area contributed by atoms with E-state index in [0.717, 1.165) is 37.1 Å². The Morgan fingerprint density at radius 2 is 1.82 bits per heavy atom. The molecule has 1 aromatic heterocycles. The van der Waals surface area contributed by atoms with Crippen molar-refractivity contribution in [3.63, 3.8) is 0 Å². The first kappa shape index (κ1) is 21.3. The molecule has 0 unspecified atom stereocenters. The highest BCUT2D eigenvalue weighted by Gasteiger charge is 2.20. The third-order valence-electron chi connectivity index (χ3n) is 4.88. The summed E-state index contributed by atoms with van der Waals surface area (Å²) in [5.74, 6) is 0.791. The van der Waals surface area contributed by atoms with E-state index in [4.69, 9.17) is 16.3 Å². The maximum Gasteiger partial charge on any atom is 0.162 e. The fraction of sp³-hybridized carbons (Fsp3) is 0.476. The Morgan fingerprint density at radius 3 is 2.43 bits per heavy atom. The van der Waals surface area contributed by atoms with Gasteiger partial charge in [-0.2, -0.15) is 0 Å². The maximum atomic E-state index is 11.6. The van der Waals surface area contributed by atoms with Crippen molar-refractivity contribution in [2.24, 2.45) is 0 Å². The van der Waals surface area contributed by atoms with Crippen LogP contribution in [0.25, 0.3) is 0 Å². The molecule has 1 N–H and O–H groups in total. The summed E-state index contributed by atoms with van der Waals surface area (Å²) in [5.41, 5.74) is 0.693. The highest BCUT2D eigenvalue weighted by Crippen LogP contribution is 2.23. The van der Waals surface area contributed by atoms with Gasteiger partial charge in [0.1, 0.15) is 18.5 Å². The third-order valence-corrected chi connectivity index (χ3v) is 6.10. The number of benzene rings is 1. The van der Waals surface area contributed by atoms with Gasteiger partial charge in [-0.25, -0.2) is 0 Å². The maximum absolute atomic E-state index is 11.6. The number of ketones is 1. The first-order chi connectivity index (χ1) is 13.5. The van der Waals surface area contributed by atoms with Crippen LogP contribution in [0.4, 0.5) is 0 Å². The number of piperazine rings is 1. The summed E-state index contributed by atoms with van der Waals surface area (Å²) in [6.45, 7) is 7.47. The summed E-state index contributed by atoms with van der Waals surface area (Å²) in [5, 5.41) is 10.3. The number of hydrogen-bond donors (Lipinski definition) is 1. The number of Topliss-reactive ketones (excluding diaryl/α,β-unsaturated/α-hetero) is 1. The highest BCUT2D eigenvalue weighted by molar-refractivity contribution is 7.16. The van der Waals surface area contributed by atoms with Crippen LogP contribution >= 0.6 is 22.9 Å². The minimum atomic E-state index is -0.542. The van der Waals surface area contributed by atoms with E-state index in [1.54, 1.807) is 35.6 Å². The molecular weight excluding hydrogens is 396 g/mol. The van der Waals surface area contributed by atoms with Crippen LogP contribution in [0.2, 0.25) is 4.34 Å². The molecule has 1 fully saturated rings. The Balaban J connectivity index is 1.36. The Kier molecular flexibility index (Phi) is 7.88. The average Bonchev–Trinajstić information content (AvgIpc) is 3.12. The lowest BCUT2D eigenvalue weighted by atomic mass is 10.1. The van der Waals surface area contributed by atoms with Crippen LogP contribution in [0.15, 0.2) is 36.4 Å². The van der Waals surface area contributed by atoms with Gasteiger partial charge in [0.15, 0.2) is 5.78 Å². The van der Waals surface area contributed by atoms with Crippen LogP contribution < -0.4 is 4.74 Å². The van der Waals surface area contributed by atoms with Crippen molar-refractivity contribution in [3.05, 3.63) is 51.2 Å². The van der Waals surface area contributed by atoms with Crippen LogP contribution in [0, 0.1) is 0 Å². The van der Waals surface area contributed by atoms with Gasteiger partial charge < -0.3 is 9.84 Å². The van der Waals surface area contributed by atoms with Crippen molar-refractivity contribution in [2.75, 3.05) is 39.3 Å². The molecular formula is C21H27ClN2O3S. The molecule has 1 saturated heterocycles. The van der Waals surface area contributed by atoms with Crippen molar-refractivity contribution in [2.45, 2.75) is 26.0 Å². The van der Waals surface area contributed by atoms with E-state index in [0.29, 0.717) is 24.3 Å². The van der Waals surface area contributed by atoms with E-state index >= 15 is 0 Å². The molecule has 0 spiro atoms. The summed E-state index contributed by atoms with van der Waals surface area (Å²) in [6, 6.07) is 11.1. The molecule has 0 bridgehead atoms. The molecule has 0 saturated carbocycles. The SMILES string of the molecule is CCC(=O)c1ccc(OC[C@@H](O)CN2CCN(Cc3ccc(Cl)s3)CC2)cc1. The number of carbonyl (C=O) groups excluding carboxylic acids is 1. The van der Waals surface area contributed by atoms with Crippen molar-refractivity contribution >= 4 is 28.7 Å². The summed E-state index contributed by atoms with van der Waals surface area (Å²) in [4.78, 5) is 17.6. The number of ether oxygens (including phenoxy) is 1. The van der Waals surface area contributed by atoms with Crippen molar-refractivity contribution in [1.82, 2.24) is 9.80 Å². The topological polar surface area (TPSA) is 53.0 Å². The summed E-state index contributed by atoms with van der Waals surface area (Å²) < 4.78 is 6.51. The van der Waals surface area contributed by atoms with E-state index in [1.807, 2.05) is 13.0 Å². The molecule has 0 aliphatic carbocycles. The van der Waals surface area contributed by atoms with Gasteiger partial charge in [0.2, 0.25) is 0 Å². The van der Waals surface area contributed by atoms with Gasteiger partial charge in [0.25, 0.3) is 0 Å². The van der Waals surface area contributed by atoms with Gasteiger partial charge in [-0.3, -0.25) is 14.6 Å².